The number of rotatable bonds is 5. The van der Waals surface area contributed by atoms with Crippen LogP contribution in [0.15, 0.2) is 35.4 Å². The average molecular weight is 497 g/mol. The number of nitrogens with zero attached hydrogens (tertiary/aromatic N) is 4. The Balaban J connectivity index is 1.90. The first kappa shape index (κ1) is 24.5. The highest BCUT2D eigenvalue weighted by atomic mass is 19.4. The molecule has 1 fully saturated rings. The number of nitrogens with one attached hydrogen (secondary N) is 1. The standard InChI is InChI=1S/C22H20F5N5O3/c1-2-16(22(25,26)27)29-21(34)14-11-32(20-15(24)9-12(23)10-28-20)19-13(18(14)33)3-4-17(30-19)31-5-7-35-8-6-31/h3-4,9-11,16H,2,5-8H2,1H3,(H,29,34)/t16-/m1/s1. The van der Waals surface area contributed by atoms with Crippen molar-refractivity contribution in [3.8, 4) is 5.82 Å². The van der Waals surface area contributed by atoms with E-state index in [1.54, 1.807) is 5.32 Å². The van der Waals surface area contributed by atoms with Gasteiger partial charge in [0.25, 0.3) is 5.91 Å². The number of carbonyl (C=O) groups is 1. The second-order valence-corrected chi connectivity index (χ2v) is 7.82. The fraction of sp³-hybridized carbons (Fsp3) is 0.364. The first-order valence-electron chi connectivity index (χ1n) is 10.7. The molecule has 1 aliphatic rings. The molecule has 0 unspecified atom stereocenters. The van der Waals surface area contributed by atoms with Gasteiger partial charge in [-0.25, -0.2) is 18.7 Å². The van der Waals surface area contributed by atoms with Gasteiger partial charge in [0.15, 0.2) is 17.3 Å². The van der Waals surface area contributed by atoms with E-state index in [0.29, 0.717) is 38.2 Å². The van der Waals surface area contributed by atoms with E-state index in [0.717, 1.165) is 17.0 Å². The number of hydrogen-bond donors (Lipinski definition) is 1. The molecule has 186 valence electrons. The van der Waals surface area contributed by atoms with Gasteiger partial charge in [0, 0.05) is 25.4 Å². The molecule has 0 aliphatic carbocycles. The van der Waals surface area contributed by atoms with Gasteiger partial charge in [-0.15, -0.1) is 0 Å². The largest absolute Gasteiger partial charge is 0.408 e. The summed E-state index contributed by atoms with van der Waals surface area (Å²) in [5.74, 6) is -3.44. The lowest BCUT2D eigenvalue weighted by Crippen LogP contribution is -2.46. The summed E-state index contributed by atoms with van der Waals surface area (Å²) in [4.78, 5) is 35.8. The Morgan fingerprint density at radius 3 is 2.57 bits per heavy atom. The molecule has 3 aromatic heterocycles. The molecule has 1 aliphatic heterocycles. The number of anilines is 1. The lowest BCUT2D eigenvalue weighted by Gasteiger charge is -2.28. The number of morpholine rings is 1. The zero-order valence-corrected chi connectivity index (χ0v) is 18.4. The second-order valence-electron chi connectivity index (χ2n) is 7.82. The summed E-state index contributed by atoms with van der Waals surface area (Å²) in [5.41, 5.74) is -1.67. The maximum absolute atomic E-state index is 14.7. The second kappa shape index (κ2) is 9.56. The van der Waals surface area contributed by atoms with E-state index in [1.807, 2.05) is 4.90 Å². The zero-order chi connectivity index (χ0) is 25.3. The summed E-state index contributed by atoms with van der Waals surface area (Å²) in [6.07, 6.45) is -3.61. The maximum atomic E-state index is 14.7. The molecular weight excluding hydrogens is 477 g/mol. The van der Waals surface area contributed by atoms with E-state index < -0.39 is 53.0 Å². The van der Waals surface area contributed by atoms with E-state index in [1.165, 1.54) is 19.1 Å². The van der Waals surface area contributed by atoms with Crippen LogP contribution in [0.5, 0.6) is 0 Å². The molecule has 0 bridgehead atoms. The van der Waals surface area contributed by atoms with Crippen LogP contribution in [-0.4, -0.2) is 59.0 Å². The van der Waals surface area contributed by atoms with Crippen molar-refractivity contribution in [2.75, 3.05) is 31.2 Å². The van der Waals surface area contributed by atoms with Crippen LogP contribution >= 0.6 is 0 Å². The van der Waals surface area contributed by atoms with Gasteiger partial charge in [-0.2, -0.15) is 13.2 Å². The molecule has 1 atom stereocenters. The fourth-order valence-corrected chi connectivity index (χ4v) is 3.72. The Bertz CT molecular complexity index is 1320. The van der Waals surface area contributed by atoms with Crippen molar-refractivity contribution in [1.29, 1.82) is 0 Å². The number of carbonyl (C=O) groups excluding carboxylic acids is 1. The SMILES string of the molecule is CC[C@@H](NC(=O)c1cn(-c2ncc(F)cc2F)c2nc(N3CCOCC3)ccc2c1=O)C(F)(F)F. The molecule has 0 spiro atoms. The third-order valence-electron chi connectivity index (χ3n) is 5.54. The number of alkyl halides is 3. The maximum Gasteiger partial charge on any atom is 0.408 e. The van der Waals surface area contributed by atoms with Crippen molar-refractivity contribution in [2.45, 2.75) is 25.6 Å². The van der Waals surface area contributed by atoms with Crippen LogP contribution in [0, 0.1) is 11.6 Å². The lowest BCUT2D eigenvalue weighted by molar-refractivity contribution is -0.153. The predicted molar refractivity (Wildman–Crippen MR) is 116 cm³/mol. The molecule has 35 heavy (non-hydrogen) atoms. The van der Waals surface area contributed by atoms with Crippen molar-refractivity contribution in [3.63, 3.8) is 0 Å². The van der Waals surface area contributed by atoms with Crippen molar-refractivity contribution < 1.29 is 31.5 Å². The van der Waals surface area contributed by atoms with Gasteiger partial charge in [-0.1, -0.05) is 6.92 Å². The van der Waals surface area contributed by atoms with Gasteiger partial charge >= 0.3 is 6.18 Å². The lowest BCUT2D eigenvalue weighted by atomic mass is 10.1. The Morgan fingerprint density at radius 1 is 1.23 bits per heavy atom. The number of hydrogen-bond acceptors (Lipinski definition) is 6. The predicted octanol–water partition coefficient (Wildman–Crippen LogP) is 2.97. The minimum Gasteiger partial charge on any atom is -0.378 e. The molecule has 0 aromatic carbocycles. The fourth-order valence-electron chi connectivity index (χ4n) is 3.72. The first-order valence-corrected chi connectivity index (χ1v) is 10.7. The van der Waals surface area contributed by atoms with Crippen molar-refractivity contribution in [1.82, 2.24) is 19.9 Å². The van der Waals surface area contributed by atoms with Crippen LogP contribution in [0.4, 0.5) is 27.8 Å². The van der Waals surface area contributed by atoms with Gasteiger partial charge in [-0.3, -0.25) is 14.2 Å². The first-order chi connectivity index (χ1) is 16.6. The van der Waals surface area contributed by atoms with Crippen LogP contribution in [0.25, 0.3) is 16.9 Å². The number of halogens is 5. The Hall–Kier alpha value is -3.61. The average Bonchev–Trinajstić information content (AvgIpc) is 2.82. The van der Waals surface area contributed by atoms with Crippen LogP contribution in [0.2, 0.25) is 0 Å². The molecule has 0 radical (unpaired) electrons. The van der Waals surface area contributed by atoms with Gasteiger partial charge in [0.2, 0.25) is 5.43 Å². The molecule has 0 saturated carbocycles. The van der Waals surface area contributed by atoms with Crippen molar-refractivity contribution >= 4 is 22.8 Å². The molecule has 4 heterocycles. The van der Waals surface area contributed by atoms with Gasteiger partial charge in [-0.05, 0) is 18.6 Å². The van der Waals surface area contributed by atoms with Gasteiger partial charge < -0.3 is 15.0 Å². The summed E-state index contributed by atoms with van der Waals surface area (Å²) >= 11 is 0. The quantitative estimate of drug-likeness (QED) is 0.546. The Labute approximate surface area is 195 Å². The minimum absolute atomic E-state index is 0.101. The van der Waals surface area contributed by atoms with E-state index in [2.05, 4.69) is 9.97 Å². The summed E-state index contributed by atoms with van der Waals surface area (Å²) < 4.78 is 74.0. The van der Waals surface area contributed by atoms with E-state index in [-0.39, 0.29) is 11.0 Å². The minimum atomic E-state index is -4.74. The van der Waals surface area contributed by atoms with E-state index in [4.69, 9.17) is 4.74 Å². The smallest absolute Gasteiger partial charge is 0.378 e. The molecule has 13 heteroatoms. The van der Waals surface area contributed by atoms with Gasteiger partial charge in [0.1, 0.15) is 23.2 Å². The molecule has 1 N–H and O–H groups in total. The van der Waals surface area contributed by atoms with Crippen LogP contribution in [-0.2, 0) is 4.74 Å². The summed E-state index contributed by atoms with van der Waals surface area (Å²) in [5, 5.41) is 1.65. The topological polar surface area (TPSA) is 89.3 Å². The highest BCUT2D eigenvalue weighted by molar-refractivity contribution is 5.97. The molecular formula is C22H20F5N5O3. The van der Waals surface area contributed by atoms with Crippen LogP contribution in [0.1, 0.15) is 23.7 Å². The number of ether oxygens (including phenoxy) is 1. The monoisotopic (exact) mass is 497 g/mol. The van der Waals surface area contributed by atoms with Crippen molar-refractivity contribution in [3.05, 3.63) is 58.0 Å². The third kappa shape index (κ3) is 4.94. The highest BCUT2D eigenvalue weighted by Crippen LogP contribution is 2.24. The van der Waals surface area contributed by atoms with E-state index in [9.17, 15) is 31.5 Å². The molecule has 8 nitrogen and oxygen atoms in total. The van der Waals surface area contributed by atoms with Crippen molar-refractivity contribution in [2.24, 2.45) is 0 Å². The summed E-state index contributed by atoms with van der Waals surface area (Å²) in [6, 6.07) is 1.22. The number of pyridine rings is 3. The van der Waals surface area contributed by atoms with E-state index >= 15 is 0 Å². The number of amides is 1. The number of fused-ring (bicyclic) bond motifs is 1. The normalized spacial score (nSPS) is 15.3. The molecule has 3 aromatic rings. The number of aromatic nitrogens is 3. The Morgan fingerprint density at radius 2 is 1.94 bits per heavy atom. The van der Waals surface area contributed by atoms with Crippen LogP contribution in [0.3, 0.4) is 0 Å². The molecule has 1 amide bonds. The van der Waals surface area contributed by atoms with Crippen LogP contribution < -0.4 is 15.6 Å². The molecule has 1 saturated heterocycles. The summed E-state index contributed by atoms with van der Waals surface area (Å²) in [7, 11) is 0. The molecule has 4 rings (SSSR count). The van der Waals surface area contributed by atoms with Gasteiger partial charge in [0.05, 0.1) is 24.8 Å². The third-order valence-corrected chi connectivity index (χ3v) is 5.54. The highest BCUT2D eigenvalue weighted by Gasteiger charge is 2.39. The summed E-state index contributed by atoms with van der Waals surface area (Å²) in [6.45, 7) is 3.12. The Kier molecular flexibility index (Phi) is 6.70. The zero-order valence-electron chi connectivity index (χ0n) is 18.4.